The molecule has 0 saturated heterocycles. The summed E-state index contributed by atoms with van der Waals surface area (Å²) < 4.78 is 0. The standard InChI is InChI=1S/C38H25N/c1-2-11-26(12-3-1)36-29-13-4-6-15-31(29)37(32-16-7-5-14-30(32)36)27-23-21-25(22-24-27)28-18-10-20-35-38(28)33-17-8-9-19-34(33)39-35/h1-24,39H. The van der Waals surface area contributed by atoms with E-state index in [9.17, 15) is 0 Å². The molecule has 0 aliphatic rings. The van der Waals surface area contributed by atoms with Crippen LogP contribution in [-0.4, -0.2) is 4.98 Å². The maximum absolute atomic E-state index is 3.58. The second kappa shape index (κ2) is 8.72. The van der Waals surface area contributed by atoms with Crippen molar-refractivity contribution < 1.29 is 0 Å². The lowest BCUT2D eigenvalue weighted by molar-refractivity contribution is 1.54. The minimum Gasteiger partial charge on any atom is -0.354 e. The van der Waals surface area contributed by atoms with Crippen molar-refractivity contribution in [3.05, 3.63) is 146 Å². The molecule has 39 heavy (non-hydrogen) atoms. The molecular weight excluding hydrogens is 470 g/mol. The van der Waals surface area contributed by atoms with Gasteiger partial charge in [0, 0.05) is 21.8 Å². The molecule has 7 aromatic carbocycles. The highest BCUT2D eigenvalue weighted by Crippen LogP contribution is 2.44. The van der Waals surface area contributed by atoms with Gasteiger partial charge in [0.15, 0.2) is 0 Å². The van der Waals surface area contributed by atoms with E-state index >= 15 is 0 Å². The van der Waals surface area contributed by atoms with Gasteiger partial charge in [0.1, 0.15) is 0 Å². The van der Waals surface area contributed by atoms with Crippen molar-refractivity contribution in [2.24, 2.45) is 0 Å². The second-order valence-corrected chi connectivity index (χ2v) is 10.2. The lowest BCUT2D eigenvalue weighted by Gasteiger charge is -2.18. The molecule has 1 heteroatoms. The van der Waals surface area contributed by atoms with E-state index in [1.54, 1.807) is 0 Å². The van der Waals surface area contributed by atoms with Gasteiger partial charge >= 0.3 is 0 Å². The summed E-state index contributed by atoms with van der Waals surface area (Å²) in [4.78, 5) is 3.58. The molecule has 0 spiro atoms. The van der Waals surface area contributed by atoms with Crippen LogP contribution < -0.4 is 0 Å². The van der Waals surface area contributed by atoms with Crippen LogP contribution in [0.4, 0.5) is 0 Å². The van der Waals surface area contributed by atoms with Crippen molar-refractivity contribution in [3.63, 3.8) is 0 Å². The highest BCUT2D eigenvalue weighted by molar-refractivity contribution is 6.21. The SMILES string of the molecule is c1ccc(-c2c3ccccc3c(-c3ccc(-c4cccc5[nH]c6ccccc6c45)cc3)c3ccccc23)cc1. The number of hydrogen-bond donors (Lipinski definition) is 1. The summed E-state index contributed by atoms with van der Waals surface area (Å²) >= 11 is 0. The van der Waals surface area contributed by atoms with E-state index in [4.69, 9.17) is 0 Å². The van der Waals surface area contributed by atoms with Gasteiger partial charge in [0.05, 0.1) is 0 Å². The van der Waals surface area contributed by atoms with Crippen molar-refractivity contribution in [3.8, 4) is 33.4 Å². The first-order valence-electron chi connectivity index (χ1n) is 13.5. The Morgan fingerprint density at radius 3 is 1.38 bits per heavy atom. The van der Waals surface area contributed by atoms with Gasteiger partial charge in [-0.2, -0.15) is 0 Å². The highest BCUT2D eigenvalue weighted by Gasteiger charge is 2.17. The number of aromatic amines is 1. The van der Waals surface area contributed by atoms with E-state index < -0.39 is 0 Å². The monoisotopic (exact) mass is 495 g/mol. The summed E-state index contributed by atoms with van der Waals surface area (Å²) in [5.41, 5.74) is 9.90. The summed E-state index contributed by atoms with van der Waals surface area (Å²) in [6, 6.07) is 52.7. The molecular formula is C38H25N. The molecule has 1 N–H and O–H groups in total. The third-order valence-corrected chi connectivity index (χ3v) is 8.01. The van der Waals surface area contributed by atoms with E-state index in [0.29, 0.717) is 0 Å². The third-order valence-electron chi connectivity index (χ3n) is 8.01. The fourth-order valence-electron chi connectivity index (χ4n) is 6.31. The van der Waals surface area contributed by atoms with Gasteiger partial charge in [-0.3, -0.25) is 0 Å². The Hall–Kier alpha value is -5.14. The first kappa shape index (κ1) is 21.9. The first-order chi connectivity index (χ1) is 19.4. The van der Waals surface area contributed by atoms with E-state index in [-0.39, 0.29) is 0 Å². The molecule has 1 nitrogen and oxygen atoms in total. The molecule has 0 bridgehead atoms. The largest absolute Gasteiger partial charge is 0.354 e. The molecule has 0 unspecified atom stereocenters. The van der Waals surface area contributed by atoms with Crippen molar-refractivity contribution in [1.29, 1.82) is 0 Å². The van der Waals surface area contributed by atoms with Crippen LogP contribution in [0.3, 0.4) is 0 Å². The van der Waals surface area contributed by atoms with Gasteiger partial charge in [0.25, 0.3) is 0 Å². The third kappa shape index (κ3) is 3.41. The fourth-order valence-corrected chi connectivity index (χ4v) is 6.31. The Kier molecular flexibility index (Phi) is 4.89. The molecule has 182 valence electrons. The quantitative estimate of drug-likeness (QED) is 0.235. The zero-order valence-corrected chi connectivity index (χ0v) is 21.4. The normalized spacial score (nSPS) is 11.6. The van der Waals surface area contributed by atoms with Crippen LogP contribution in [0.5, 0.6) is 0 Å². The minimum atomic E-state index is 1.17. The summed E-state index contributed by atoms with van der Waals surface area (Å²) in [6.07, 6.45) is 0. The molecule has 8 aromatic rings. The molecule has 8 rings (SSSR count). The van der Waals surface area contributed by atoms with Crippen molar-refractivity contribution in [2.45, 2.75) is 0 Å². The molecule has 0 radical (unpaired) electrons. The topological polar surface area (TPSA) is 15.8 Å². The Labute approximate surface area is 227 Å². The summed E-state index contributed by atoms with van der Waals surface area (Å²) in [5.74, 6) is 0. The molecule has 0 saturated carbocycles. The van der Waals surface area contributed by atoms with E-state index in [1.807, 2.05) is 0 Å². The maximum atomic E-state index is 3.58. The molecule has 0 atom stereocenters. The maximum Gasteiger partial charge on any atom is 0.0471 e. The average molecular weight is 496 g/mol. The molecule has 1 heterocycles. The summed E-state index contributed by atoms with van der Waals surface area (Å²) in [7, 11) is 0. The molecule has 0 amide bonds. The van der Waals surface area contributed by atoms with Gasteiger partial charge in [-0.15, -0.1) is 0 Å². The van der Waals surface area contributed by atoms with Gasteiger partial charge in [-0.25, -0.2) is 0 Å². The Morgan fingerprint density at radius 1 is 0.308 bits per heavy atom. The second-order valence-electron chi connectivity index (χ2n) is 10.2. The van der Waals surface area contributed by atoms with Crippen molar-refractivity contribution >= 4 is 43.4 Å². The predicted molar refractivity (Wildman–Crippen MR) is 167 cm³/mol. The van der Waals surface area contributed by atoms with Crippen molar-refractivity contribution in [2.75, 3.05) is 0 Å². The highest BCUT2D eigenvalue weighted by atomic mass is 14.7. The predicted octanol–water partition coefficient (Wildman–Crippen LogP) is 10.6. The number of H-pyrrole nitrogens is 1. The molecule has 0 fully saturated rings. The van der Waals surface area contributed by atoms with Crippen LogP contribution in [0.2, 0.25) is 0 Å². The molecule has 0 aliphatic heterocycles. The first-order valence-corrected chi connectivity index (χ1v) is 13.5. The van der Waals surface area contributed by atoms with Gasteiger partial charge in [-0.05, 0) is 67.1 Å². The zero-order valence-electron chi connectivity index (χ0n) is 21.4. The summed E-state index contributed by atoms with van der Waals surface area (Å²) in [5, 5.41) is 7.67. The smallest absolute Gasteiger partial charge is 0.0471 e. The molecule has 1 aromatic heterocycles. The number of nitrogens with one attached hydrogen (secondary N) is 1. The number of benzene rings is 7. The Balaban J connectivity index is 1.36. The summed E-state index contributed by atoms with van der Waals surface area (Å²) in [6.45, 7) is 0. The number of rotatable bonds is 3. The minimum absolute atomic E-state index is 1.17. The molecule has 0 aliphatic carbocycles. The number of para-hydroxylation sites is 1. The van der Waals surface area contributed by atoms with Crippen LogP contribution >= 0.6 is 0 Å². The van der Waals surface area contributed by atoms with Crippen LogP contribution in [0.15, 0.2) is 146 Å². The van der Waals surface area contributed by atoms with Gasteiger partial charge < -0.3 is 4.98 Å². The van der Waals surface area contributed by atoms with Gasteiger partial charge in [0.2, 0.25) is 0 Å². The van der Waals surface area contributed by atoms with E-state index in [2.05, 4.69) is 151 Å². The number of fused-ring (bicyclic) bond motifs is 5. The van der Waals surface area contributed by atoms with E-state index in [0.717, 1.165) is 0 Å². The number of hydrogen-bond acceptors (Lipinski definition) is 0. The Morgan fingerprint density at radius 2 is 0.769 bits per heavy atom. The van der Waals surface area contributed by atoms with Crippen LogP contribution in [-0.2, 0) is 0 Å². The van der Waals surface area contributed by atoms with Crippen LogP contribution in [0, 0.1) is 0 Å². The average Bonchev–Trinajstić information content (AvgIpc) is 3.39. The van der Waals surface area contributed by atoms with Gasteiger partial charge in [-0.1, -0.05) is 133 Å². The Bertz CT molecular complexity index is 2090. The van der Waals surface area contributed by atoms with Crippen LogP contribution in [0.1, 0.15) is 0 Å². The fraction of sp³-hybridized carbons (Fsp3) is 0. The lowest BCUT2D eigenvalue weighted by atomic mass is 9.85. The lowest BCUT2D eigenvalue weighted by Crippen LogP contribution is -1.90. The van der Waals surface area contributed by atoms with Crippen molar-refractivity contribution in [1.82, 2.24) is 4.98 Å². The van der Waals surface area contributed by atoms with E-state index in [1.165, 1.54) is 76.7 Å². The van der Waals surface area contributed by atoms with Crippen LogP contribution in [0.25, 0.3) is 76.7 Å². The number of aromatic nitrogens is 1. The zero-order chi connectivity index (χ0) is 25.8.